The Bertz CT molecular complexity index is 767. The highest BCUT2D eigenvalue weighted by Crippen LogP contribution is 2.28. The average Bonchev–Trinajstić information content (AvgIpc) is 3.36. The molecule has 6 N–H and O–H groups in total. The van der Waals surface area contributed by atoms with Gasteiger partial charge in [-0.3, -0.25) is 14.6 Å². The number of hydrogen-bond donors (Lipinski definition) is 4. The number of anilines is 1. The van der Waals surface area contributed by atoms with Crippen molar-refractivity contribution in [3.8, 4) is 0 Å². The number of para-hydroxylation sites is 1. The molecule has 0 aromatic heterocycles. The van der Waals surface area contributed by atoms with Crippen molar-refractivity contribution in [1.82, 2.24) is 10.2 Å². The number of benzene rings is 1. The molecule has 156 valence electrons. The second-order valence-corrected chi connectivity index (χ2v) is 7.45. The summed E-state index contributed by atoms with van der Waals surface area (Å²) in [5.41, 5.74) is 12.6. The molecule has 0 bridgehead atoms. The van der Waals surface area contributed by atoms with Gasteiger partial charge < -0.3 is 31.8 Å². The predicted octanol–water partition coefficient (Wildman–Crippen LogP) is -0.248. The summed E-state index contributed by atoms with van der Waals surface area (Å²) in [5.74, 6) is -0.362. The molecule has 1 aromatic rings. The minimum absolute atomic E-state index is 0.000489. The smallest absolute Gasteiger partial charge is 0.246 e. The zero-order chi connectivity index (χ0) is 20.8. The van der Waals surface area contributed by atoms with Crippen LogP contribution in [-0.2, 0) is 20.8 Å². The van der Waals surface area contributed by atoms with E-state index in [4.69, 9.17) is 11.5 Å². The second kappa shape index (κ2) is 9.40. The van der Waals surface area contributed by atoms with Crippen molar-refractivity contribution >= 4 is 29.7 Å². The number of hydrogen-bond acceptors (Lipinski definition) is 5. The second-order valence-electron chi connectivity index (χ2n) is 7.45. The molecule has 0 radical (unpaired) electrons. The summed E-state index contributed by atoms with van der Waals surface area (Å²) >= 11 is 0. The first-order chi connectivity index (χ1) is 14.0. The van der Waals surface area contributed by atoms with Crippen LogP contribution in [0.3, 0.4) is 0 Å². The first kappa shape index (κ1) is 20.6. The van der Waals surface area contributed by atoms with Gasteiger partial charge in [-0.15, -0.1) is 0 Å². The fourth-order valence-electron chi connectivity index (χ4n) is 3.92. The van der Waals surface area contributed by atoms with Gasteiger partial charge in [0, 0.05) is 25.2 Å². The van der Waals surface area contributed by atoms with Crippen molar-refractivity contribution in [2.24, 2.45) is 16.5 Å². The fraction of sp³-hybridized carbons (Fsp3) is 0.500. The highest BCUT2D eigenvalue weighted by atomic mass is 16.2. The van der Waals surface area contributed by atoms with Crippen LogP contribution in [0.2, 0.25) is 0 Å². The minimum Gasteiger partial charge on any atom is -0.373 e. The molecule has 1 saturated heterocycles. The molecule has 0 aliphatic carbocycles. The van der Waals surface area contributed by atoms with Crippen molar-refractivity contribution in [3.63, 3.8) is 0 Å². The van der Waals surface area contributed by atoms with Gasteiger partial charge in [-0.2, -0.15) is 0 Å². The largest absolute Gasteiger partial charge is 0.373 e. The lowest BCUT2D eigenvalue weighted by molar-refractivity contribution is -0.139. The van der Waals surface area contributed by atoms with E-state index in [9.17, 15) is 14.4 Å². The van der Waals surface area contributed by atoms with Crippen molar-refractivity contribution in [2.75, 3.05) is 18.4 Å². The van der Waals surface area contributed by atoms with E-state index >= 15 is 0 Å². The lowest BCUT2D eigenvalue weighted by Gasteiger charge is -2.27. The van der Waals surface area contributed by atoms with E-state index in [-0.39, 0.29) is 23.8 Å². The molecule has 1 fully saturated rings. The third kappa shape index (κ3) is 5.04. The molecular weight excluding hydrogens is 372 g/mol. The molecule has 3 rings (SSSR count). The van der Waals surface area contributed by atoms with Gasteiger partial charge >= 0.3 is 0 Å². The van der Waals surface area contributed by atoms with Crippen LogP contribution < -0.4 is 22.1 Å². The maximum atomic E-state index is 13.0. The van der Waals surface area contributed by atoms with Crippen LogP contribution in [0.15, 0.2) is 29.3 Å². The number of likely N-dealkylation sites (tertiary alicyclic amines) is 1. The van der Waals surface area contributed by atoms with Crippen LogP contribution in [-0.4, -0.2) is 60.2 Å². The lowest BCUT2D eigenvalue weighted by Crippen LogP contribution is -2.52. The van der Waals surface area contributed by atoms with Crippen molar-refractivity contribution in [2.45, 2.75) is 50.2 Å². The number of aldehydes is 1. The molecule has 2 amide bonds. The Morgan fingerprint density at radius 1 is 1.34 bits per heavy atom. The molecular formula is C20H28N6O3. The Kier molecular flexibility index (Phi) is 6.69. The van der Waals surface area contributed by atoms with E-state index in [1.54, 1.807) is 4.90 Å². The van der Waals surface area contributed by atoms with Gasteiger partial charge in [-0.25, -0.2) is 0 Å². The summed E-state index contributed by atoms with van der Waals surface area (Å²) in [4.78, 5) is 42.6. The van der Waals surface area contributed by atoms with E-state index < -0.39 is 12.1 Å². The topological polar surface area (TPSA) is 143 Å². The van der Waals surface area contributed by atoms with Crippen LogP contribution in [0, 0.1) is 0 Å². The third-order valence-corrected chi connectivity index (χ3v) is 5.37. The van der Waals surface area contributed by atoms with Gasteiger partial charge in [-0.05, 0) is 37.3 Å². The highest BCUT2D eigenvalue weighted by Gasteiger charge is 2.39. The van der Waals surface area contributed by atoms with Crippen LogP contribution in [0.25, 0.3) is 0 Å². The number of carbonyl (C=O) groups excluding carboxylic acids is 3. The monoisotopic (exact) mass is 400 g/mol. The molecule has 1 unspecified atom stereocenters. The molecule has 9 nitrogen and oxygen atoms in total. The summed E-state index contributed by atoms with van der Waals surface area (Å²) in [6.45, 7) is 0.937. The van der Waals surface area contributed by atoms with Crippen molar-refractivity contribution in [1.29, 1.82) is 0 Å². The van der Waals surface area contributed by atoms with Gasteiger partial charge in [0.2, 0.25) is 11.8 Å². The fourth-order valence-corrected chi connectivity index (χ4v) is 3.92. The van der Waals surface area contributed by atoms with E-state index in [0.717, 1.165) is 17.7 Å². The number of rotatable bonds is 8. The van der Waals surface area contributed by atoms with Gasteiger partial charge in [0.25, 0.3) is 0 Å². The number of aliphatic imine (C=N–C) groups is 1. The van der Waals surface area contributed by atoms with Crippen LogP contribution in [0.4, 0.5) is 5.69 Å². The molecule has 2 aliphatic heterocycles. The zero-order valence-corrected chi connectivity index (χ0v) is 16.3. The predicted molar refractivity (Wildman–Crippen MR) is 110 cm³/mol. The Labute approximate surface area is 169 Å². The molecule has 3 atom stereocenters. The third-order valence-electron chi connectivity index (χ3n) is 5.37. The van der Waals surface area contributed by atoms with E-state index in [2.05, 4.69) is 15.6 Å². The Hall–Kier alpha value is -3.10. The van der Waals surface area contributed by atoms with Crippen LogP contribution >= 0.6 is 0 Å². The Morgan fingerprint density at radius 2 is 2.14 bits per heavy atom. The van der Waals surface area contributed by atoms with Gasteiger partial charge in [-0.1, -0.05) is 18.2 Å². The first-order valence-corrected chi connectivity index (χ1v) is 9.95. The molecule has 0 saturated carbocycles. The molecule has 2 aliphatic rings. The van der Waals surface area contributed by atoms with E-state index in [0.29, 0.717) is 45.1 Å². The Morgan fingerprint density at radius 3 is 2.86 bits per heavy atom. The number of guanidine groups is 1. The number of nitrogens with one attached hydrogen (secondary N) is 2. The van der Waals surface area contributed by atoms with E-state index in [1.165, 1.54) is 0 Å². The van der Waals surface area contributed by atoms with Gasteiger partial charge in [0.15, 0.2) is 5.96 Å². The summed E-state index contributed by atoms with van der Waals surface area (Å²) in [7, 11) is 0. The number of nitrogens with zero attached hydrogens (tertiary/aromatic N) is 2. The van der Waals surface area contributed by atoms with Gasteiger partial charge in [0.05, 0.1) is 6.04 Å². The normalized spacial score (nSPS) is 21.0. The average molecular weight is 400 g/mol. The summed E-state index contributed by atoms with van der Waals surface area (Å²) in [6, 6.07) is 6.30. The summed E-state index contributed by atoms with van der Waals surface area (Å²) in [6.07, 6.45) is 3.69. The number of fused-ring (bicyclic) bond motifs is 1. The number of amides is 2. The maximum absolute atomic E-state index is 13.0. The molecule has 9 heteroatoms. The minimum atomic E-state index is -0.622. The summed E-state index contributed by atoms with van der Waals surface area (Å²) in [5, 5.41) is 6.01. The molecule has 2 heterocycles. The quantitative estimate of drug-likeness (QED) is 0.205. The van der Waals surface area contributed by atoms with Crippen LogP contribution in [0.5, 0.6) is 0 Å². The SMILES string of the molecule is NC(N)=NCCC[C@@H](C=O)NC(=O)[C@@H]1CCCN1C(=O)C1Cc2ccccc2N1. The first-order valence-electron chi connectivity index (χ1n) is 9.95. The zero-order valence-electron chi connectivity index (χ0n) is 16.3. The Balaban J connectivity index is 1.55. The highest BCUT2D eigenvalue weighted by molar-refractivity contribution is 5.93. The van der Waals surface area contributed by atoms with Crippen molar-refractivity contribution in [3.05, 3.63) is 29.8 Å². The maximum Gasteiger partial charge on any atom is 0.246 e. The summed E-state index contributed by atoms with van der Waals surface area (Å²) < 4.78 is 0. The van der Waals surface area contributed by atoms with Crippen molar-refractivity contribution < 1.29 is 14.4 Å². The van der Waals surface area contributed by atoms with Crippen LogP contribution in [0.1, 0.15) is 31.2 Å². The molecule has 0 spiro atoms. The molecule has 29 heavy (non-hydrogen) atoms. The lowest BCUT2D eigenvalue weighted by atomic mass is 10.1. The standard InChI is InChI=1S/C20H28N6O3/c21-20(22)23-9-3-6-14(12-27)24-18(28)17-8-4-10-26(17)19(29)16-11-13-5-1-2-7-15(13)25-16/h1-2,5,7,12,14,16-17,25H,3-4,6,8-11H2,(H,24,28)(H4,21,22,23)/t14-,16?,17-/m0/s1. The van der Waals surface area contributed by atoms with Gasteiger partial charge in [0.1, 0.15) is 18.4 Å². The molecule has 1 aromatic carbocycles. The van der Waals surface area contributed by atoms with E-state index in [1.807, 2.05) is 24.3 Å². The number of carbonyl (C=O) groups is 3. The number of nitrogens with two attached hydrogens (primary N) is 2.